The van der Waals surface area contributed by atoms with Crippen molar-refractivity contribution in [2.24, 2.45) is 0 Å². The maximum Gasteiger partial charge on any atom is 0.416 e. The largest absolute Gasteiger partial charge is 0.477 e. The molecule has 3 heterocycles. The minimum atomic E-state index is -4.75. The van der Waals surface area contributed by atoms with Crippen molar-refractivity contribution < 1.29 is 37.1 Å². The van der Waals surface area contributed by atoms with Crippen LogP contribution in [0.5, 0.6) is 0 Å². The number of amides is 2. The number of thiophene rings is 1. The number of carboxylic acids is 1. The second-order valence-corrected chi connectivity index (χ2v) is 8.71. The summed E-state index contributed by atoms with van der Waals surface area (Å²) < 4.78 is 55.6. The number of aromatic carboxylic acids is 1. The molecule has 0 unspecified atom stereocenters. The van der Waals surface area contributed by atoms with Gasteiger partial charge in [-0.3, -0.25) is 9.59 Å². The van der Waals surface area contributed by atoms with Crippen LogP contribution in [0.1, 0.15) is 37.5 Å². The van der Waals surface area contributed by atoms with Gasteiger partial charge in [0.15, 0.2) is 5.69 Å². The van der Waals surface area contributed by atoms with E-state index in [4.69, 9.17) is 0 Å². The number of carboxylic acid groups (broad SMARTS) is 1. The Balaban J connectivity index is 1.82. The van der Waals surface area contributed by atoms with Gasteiger partial charge in [0.1, 0.15) is 5.82 Å². The van der Waals surface area contributed by atoms with E-state index in [0.29, 0.717) is 16.0 Å². The van der Waals surface area contributed by atoms with Gasteiger partial charge >= 0.3 is 12.1 Å². The van der Waals surface area contributed by atoms with Crippen LogP contribution in [0.15, 0.2) is 53.2 Å². The van der Waals surface area contributed by atoms with E-state index < -0.39 is 46.7 Å². The molecule has 0 spiro atoms. The zero-order valence-electron chi connectivity index (χ0n) is 17.6. The van der Waals surface area contributed by atoms with Crippen molar-refractivity contribution in [1.82, 2.24) is 4.57 Å². The Hall–Kier alpha value is -3.99. The first-order valence-electron chi connectivity index (χ1n) is 10.2. The minimum absolute atomic E-state index is 0.0476. The molecule has 0 saturated heterocycles. The third-order valence-corrected chi connectivity index (χ3v) is 6.58. The van der Waals surface area contributed by atoms with E-state index in [-0.39, 0.29) is 29.4 Å². The number of alkyl halides is 3. The molecule has 1 N–H and O–H groups in total. The van der Waals surface area contributed by atoms with Gasteiger partial charge in [-0.25, -0.2) is 14.1 Å². The summed E-state index contributed by atoms with van der Waals surface area (Å²) in [6, 6.07) is 7.90. The predicted octanol–water partition coefficient (Wildman–Crippen LogP) is 5.34. The zero-order chi connectivity index (χ0) is 25.1. The lowest BCUT2D eigenvalue weighted by Crippen LogP contribution is -2.42. The third-order valence-electron chi connectivity index (χ3n) is 5.79. The lowest BCUT2D eigenvalue weighted by atomic mass is 10.0. The molecule has 4 aromatic rings. The van der Waals surface area contributed by atoms with E-state index in [1.165, 1.54) is 39.5 Å². The highest BCUT2D eigenvalue weighted by Crippen LogP contribution is 2.41. The van der Waals surface area contributed by atoms with E-state index in [2.05, 4.69) is 0 Å². The number of hydrogen-bond acceptors (Lipinski definition) is 4. The molecule has 0 bridgehead atoms. The van der Waals surface area contributed by atoms with Crippen molar-refractivity contribution in [1.29, 1.82) is 0 Å². The quantitative estimate of drug-likeness (QED) is 0.302. The number of fused-ring (bicyclic) bond motifs is 2. The second-order valence-electron chi connectivity index (χ2n) is 7.97. The van der Waals surface area contributed by atoms with Gasteiger partial charge < -0.3 is 9.67 Å². The van der Waals surface area contributed by atoms with Crippen LogP contribution in [0.2, 0.25) is 0 Å². The molecule has 6 nitrogen and oxygen atoms in total. The molecule has 35 heavy (non-hydrogen) atoms. The highest BCUT2D eigenvalue weighted by atomic mass is 32.1. The summed E-state index contributed by atoms with van der Waals surface area (Å²) in [5.41, 5.74) is -1.02. The van der Waals surface area contributed by atoms with Crippen molar-refractivity contribution in [3.05, 3.63) is 87.0 Å². The van der Waals surface area contributed by atoms with Crippen LogP contribution in [0.4, 0.5) is 23.2 Å². The van der Waals surface area contributed by atoms with E-state index in [0.717, 1.165) is 24.3 Å². The third kappa shape index (κ3) is 3.77. The molecule has 0 aliphatic carbocycles. The lowest BCUT2D eigenvalue weighted by Gasteiger charge is -2.25. The Kier molecular flexibility index (Phi) is 5.24. The Morgan fingerprint density at radius 2 is 1.86 bits per heavy atom. The topological polar surface area (TPSA) is 79.6 Å². The van der Waals surface area contributed by atoms with Crippen molar-refractivity contribution in [3.63, 3.8) is 0 Å². The molecule has 11 heteroatoms. The molecule has 2 aromatic heterocycles. The molecule has 0 saturated carbocycles. The van der Waals surface area contributed by atoms with Crippen molar-refractivity contribution >= 4 is 45.7 Å². The van der Waals surface area contributed by atoms with Gasteiger partial charge in [0.25, 0.3) is 5.91 Å². The molecule has 178 valence electrons. The Bertz CT molecular complexity index is 1540. The van der Waals surface area contributed by atoms with Gasteiger partial charge in [0.05, 0.1) is 28.8 Å². The van der Waals surface area contributed by atoms with Gasteiger partial charge in [-0.2, -0.15) is 24.5 Å². The van der Waals surface area contributed by atoms with Crippen LogP contribution in [0, 0.1) is 5.82 Å². The van der Waals surface area contributed by atoms with Crippen molar-refractivity contribution in [2.45, 2.75) is 19.1 Å². The average molecular weight is 502 g/mol. The van der Waals surface area contributed by atoms with Crippen LogP contribution in [0.3, 0.4) is 0 Å². The summed E-state index contributed by atoms with van der Waals surface area (Å²) in [4.78, 5) is 39.3. The van der Waals surface area contributed by atoms with Gasteiger partial charge in [0.2, 0.25) is 5.91 Å². The Morgan fingerprint density at radius 3 is 2.54 bits per heavy atom. The SMILES string of the molecule is O=C(O)c1c(N2C(=O)Cc3cscc3C2=O)c2cc(C(F)(F)F)ccc2n1Cc1cccc(F)c1. The molecule has 0 atom stereocenters. The van der Waals surface area contributed by atoms with Crippen LogP contribution in [-0.2, 0) is 23.9 Å². The number of halogens is 4. The molecule has 5 rings (SSSR count). The van der Waals surface area contributed by atoms with E-state index in [1.54, 1.807) is 5.38 Å². The molecule has 2 aromatic carbocycles. The molecule has 2 amide bonds. The molecule has 0 radical (unpaired) electrons. The number of carbonyl (C=O) groups is 3. The van der Waals surface area contributed by atoms with Crippen LogP contribution < -0.4 is 4.90 Å². The molecule has 1 aliphatic heterocycles. The number of carbonyl (C=O) groups excluding carboxylic acids is 2. The summed E-state index contributed by atoms with van der Waals surface area (Å²) in [5, 5.41) is 13.0. The van der Waals surface area contributed by atoms with Gasteiger partial charge in [-0.1, -0.05) is 12.1 Å². The fraction of sp³-hybridized carbons (Fsp3) is 0.125. The average Bonchev–Trinajstić information content (AvgIpc) is 3.36. The number of benzene rings is 2. The lowest BCUT2D eigenvalue weighted by molar-refractivity contribution is -0.137. The highest BCUT2D eigenvalue weighted by Gasteiger charge is 2.39. The van der Waals surface area contributed by atoms with Crippen LogP contribution in [-0.4, -0.2) is 27.5 Å². The number of hydrogen-bond donors (Lipinski definition) is 1. The zero-order valence-corrected chi connectivity index (χ0v) is 18.4. The van der Waals surface area contributed by atoms with Crippen LogP contribution >= 0.6 is 11.3 Å². The standard InChI is InChI=1S/C24H14F4N2O4S/c25-15-3-1-2-12(6-15)9-29-18-5-4-14(24(26,27)28)8-16(18)20(21(29)23(33)34)30-19(31)7-13-10-35-11-17(13)22(30)32/h1-6,8,10-11H,7,9H2,(H,33,34). The normalized spacial score (nSPS) is 14.0. The first kappa shape index (κ1) is 22.8. The van der Waals surface area contributed by atoms with E-state index in [1.807, 2.05) is 0 Å². The first-order chi connectivity index (χ1) is 16.6. The monoisotopic (exact) mass is 502 g/mol. The van der Waals surface area contributed by atoms with Gasteiger partial charge in [-0.15, -0.1) is 0 Å². The van der Waals surface area contributed by atoms with Crippen LogP contribution in [0.25, 0.3) is 10.9 Å². The summed E-state index contributed by atoms with van der Waals surface area (Å²) in [6.07, 6.45) is -4.96. The second kappa shape index (κ2) is 8.05. The summed E-state index contributed by atoms with van der Waals surface area (Å²) in [5.74, 6) is -3.72. The first-order valence-corrected chi connectivity index (χ1v) is 11.1. The van der Waals surface area contributed by atoms with E-state index >= 15 is 0 Å². The maximum absolute atomic E-state index is 13.8. The fourth-order valence-corrected chi connectivity index (χ4v) is 5.12. The number of rotatable bonds is 4. The summed E-state index contributed by atoms with van der Waals surface area (Å²) >= 11 is 1.18. The number of anilines is 1. The smallest absolute Gasteiger partial charge is 0.416 e. The fourth-order valence-electron chi connectivity index (χ4n) is 4.29. The maximum atomic E-state index is 13.8. The van der Waals surface area contributed by atoms with E-state index in [9.17, 15) is 37.1 Å². The summed E-state index contributed by atoms with van der Waals surface area (Å²) in [7, 11) is 0. The molecular formula is C24H14F4N2O4S. The molecule has 1 aliphatic rings. The molecular weight excluding hydrogens is 488 g/mol. The van der Waals surface area contributed by atoms with Crippen molar-refractivity contribution in [2.75, 3.05) is 4.90 Å². The van der Waals surface area contributed by atoms with Gasteiger partial charge in [0, 0.05) is 17.3 Å². The summed E-state index contributed by atoms with van der Waals surface area (Å²) in [6.45, 7) is -0.221. The highest BCUT2D eigenvalue weighted by molar-refractivity contribution is 7.08. The number of aromatic nitrogens is 1. The Labute approximate surface area is 198 Å². The van der Waals surface area contributed by atoms with Crippen molar-refractivity contribution in [3.8, 4) is 0 Å². The Morgan fingerprint density at radius 1 is 1.09 bits per heavy atom. The predicted molar refractivity (Wildman–Crippen MR) is 119 cm³/mol. The number of imide groups is 1. The minimum Gasteiger partial charge on any atom is -0.477 e. The molecule has 0 fully saturated rings. The number of nitrogens with zero attached hydrogens (tertiary/aromatic N) is 2. The van der Waals surface area contributed by atoms with Gasteiger partial charge in [-0.05, 0) is 46.8 Å².